The Labute approximate surface area is 120 Å². The van der Waals surface area contributed by atoms with E-state index in [1.807, 2.05) is 0 Å². The molecule has 1 rings (SSSR count). The smallest absolute Gasteiger partial charge is 0.184 e. The van der Waals surface area contributed by atoms with Crippen molar-refractivity contribution in [3.05, 3.63) is 19.8 Å². The number of nitrogens with zero attached hydrogens (tertiary/aromatic N) is 1. The van der Waals surface area contributed by atoms with Crippen LogP contribution in [0.4, 0.5) is 0 Å². The van der Waals surface area contributed by atoms with Crippen molar-refractivity contribution in [1.29, 1.82) is 0 Å². The van der Waals surface area contributed by atoms with Crippen molar-refractivity contribution < 1.29 is 0 Å². The summed E-state index contributed by atoms with van der Waals surface area (Å²) in [5, 5.41) is 4.65. The number of thiophene rings is 1. The lowest BCUT2D eigenvalue weighted by atomic mass is 10.1. The van der Waals surface area contributed by atoms with Crippen LogP contribution in [0.25, 0.3) is 0 Å². The van der Waals surface area contributed by atoms with Crippen LogP contribution in [0.1, 0.15) is 30.2 Å². The number of hydrazone groups is 1. The van der Waals surface area contributed by atoms with E-state index in [1.165, 1.54) is 11.3 Å². The average Bonchev–Trinajstić information content (AvgIpc) is 2.52. The van der Waals surface area contributed by atoms with Gasteiger partial charge in [-0.2, -0.15) is 5.10 Å². The van der Waals surface area contributed by atoms with Gasteiger partial charge in [0, 0.05) is 5.56 Å². The fourth-order valence-electron chi connectivity index (χ4n) is 1.24. The maximum atomic E-state index is 6.22. The zero-order chi connectivity index (χ0) is 12.8. The minimum Gasteiger partial charge on any atom is -0.375 e. The summed E-state index contributed by atoms with van der Waals surface area (Å²) >= 11 is 18.4. The summed E-state index contributed by atoms with van der Waals surface area (Å²) in [5.74, 6) is 0. The van der Waals surface area contributed by atoms with E-state index in [1.54, 1.807) is 6.21 Å². The van der Waals surface area contributed by atoms with E-state index in [0.29, 0.717) is 5.02 Å². The third-order valence-corrected chi connectivity index (χ3v) is 4.10. The molecule has 7 heteroatoms. The zero-order valence-electron chi connectivity index (χ0n) is 9.30. The van der Waals surface area contributed by atoms with Crippen LogP contribution < -0.4 is 11.2 Å². The summed E-state index contributed by atoms with van der Waals surface area (Å²) in [6.07, 6.45) is 4.64. The van der Waals surface area contributed by atoms with Crippen LogP contribution in [0, 0.1) is 0 Å². The van der Waals surface area contributed by atoms with Gasteiger partial charge in [-0.25, -0.2) is 0 Å². The Morgan fingerprint density at radius 2 is 2.29 bits per heavy atom. The molecule has 0 atom stereocenters. The van der Waals surface area contributed by atoms with Crippen molar-refractivity contribution in [1.82, 2.24) is 5.43 Å². The highest BCUT2D eigenvalue weighted by Crippen LogP contribution is 2.36. The number of unbranched alkanes of at least 4 members (excludes halogenated alkanes) is 1. The molecule has 17 heavy (non-hydrogen) atoms. The van der Waals surface area contributed by atoms with Crippen LogP contribution in [0.2, 0.25) is 9.36 Å². The Morgan fingerprint density at radius 3 is 2.88 bits per heavy atom. The highest BCUT2D eigenvalue weighted by Gasteiger charge is 2.13. The van der Waals surface area contributed by atoms with Gasteiger partial charge >= 0.3 is 0 Å². The minimum atomic E-state index is 0.117. The predicted octanol–water partition coefficient (Wildman–Crippen LogP) is 3.56. The molecular weight excluding hydrogens is 297 g/mol. The summed E-state index contributed by atoms with van der Waals surface area (Å²) in [6, 6.07) is 0. The Kier molecular flexibility index (Phi) is 6.19. The van der Waals surface area contributed by atoms with E-state index in [-0.39, 0.29) is 5.11 Å². The molecule has 0 amide bonds. The van der Waals surface area contributed by atoms with Gasteiger partial charge in [0.1, 0.15) is 0 Å². The van der Waals surface area contributed by atoms with E-state index in [2.05, 4.69) is 29.7 Å². The number of hydrogen-bond donors (Lipinski definition) is 2. The van der Waals surface area contributed by atoms with E-state index in [4.69, 9.17) is 28.9 Å². The number of hydrogen-bond acceptors (Lipinski definition) is 3. The molecule has 1 aromatic rings. The highest BCUT2D eigenvalue weighted by molar-refractivity contribution is 7.80. The third-order valence-electron chi connectivity index (χ3n) is 2.05. The first-order valence-electron chi connectivity index (χ1n) is 5.11. The fraction of sp³-hybridized carbons (Fsp3) is 0.400. The third kappa shape index (κ3) is 4.43. The van der Waals surface area contributed by atoms with Gasteiger partial charge in [-0.05, 0) is 25.1 Å². The number of thiocarbonyl (C=S) groups is 1. The van der Waals surface area contributed by atoms with Gasteiger partial charge in [-0.1, -0.05) is 36.5 Å². The van der Waals surface area contributed by atoms with Crippen LogP contribution >= 0.6 is 46.8 Å². The van der Waals surface area contributed by atoms with Gasteiger partial charge < -0.3 is 5.73 Å². The summed E-state index contributed by atoms with van der Waals surface area (Å²) in [6.45, 7) is 2.13. The molecule has 94 valence electrons. The lowest BCUT2D eigenvalue weighted by Crippen LogP contribution is -2.23. The van der Waals surface area contributed by atoms with Gasteiger partial charge in [0.05, 0.1) is 20.5 Å². The second-order valence-corrected chi connectivity index (χ2v) is 5.84. The molecule has 0 aromatic carbocycles. The summed E-state index contributed by atoms with van der Waals surface area (Å²) in [5.41, 5.74) is 8.72. The molecule has 0 aliphatic heterocycles. The Hall–Kier alpha value is -0.360. The molecule has 0 saturated heterocycles. The van der Waals surface area contributed by atoms with E-state index >= 15 is 0 Å². The van der Waals surface area contributed by atoms with Gasteiger partial charge in [0.15, 0.2) is 5.11 Å². The molecule has 0 spiro atoms. The number of rotatable bonds is 5. The average molecular weight is 310 g/mol. The molecule has 0 bridgehead atoms. The van der Waals surface area contributed by atoms with Gasteiger partial charge in [-0.3, -0.25) is 5.43 Å². The zero-order valence-corrected chi connectivity index (χ0v) is 12.4. The number of nitrogens with two attached hydrogens (primary N) is 1. The van der Waals surface area contributed by atoms with E-state index in [0.717, 1.165) is 34.0 Å². The van der Waals surface area contributed by atoms with Gasteiger partial charge in [0.25, 0.3) is 0 Å². The van der Waals surface area contributed by atoms with E-state index in [9.17, 15) is 0 Å². The Balaban J connectivity index is 2.80. The Morgan fingerprint density at radius 1 is 1.59 bits per heavy atom. The lowest BCUT2D eigenvalue weighted by molar-refractivity contribution is 0.797. The van der Waals surface area contributed by atoms with E-state index < -0.39 is 0 Å². The van der Waals surface area contributed by atoms with Crippen molar-refractivity contribution in [3.63, 3.8) is 0 Å². The molecule has 0 radical (unpaired) electrons. The molecule has 3 nitrogen and oxygen atoms in total. The first-order chi connectivity index (χ1) is 8.06. The highest BCUT2D eigenvalue weighted by atomic mass is 35.5. The minimum absolute atomic E-state index is 0.117. The molecule has 0 aliphatic rings. The fourth-order valence-corrected chi connectivity index (χ4v) is 3.02. The maximum Gasteiger partial charge on any atom is 0.184 e. The monoisotopic (exact) mass is 309 g/mol. The molecule has 1 aromatic heterocycles. The summed E-state index contributed by atoms with van der Waals surface area (Å²) in [7, 11) is 0. The molecule has 3 N–H and O–H groups in total. The first-order valence-corrected chi connectivity index (χ1v) is 7.09. The SMILES string of the molecule is CCCCc1c(Cl)sc(/C=N/NC(N)=S)c1Cl. The van der Waals surface area contributed by atoms with Crippen LogP contribution in [-0.2, 0) is 6.42 Å². The van der Waals surface area contributed by atoms with Crippen molar-refractivity contribution in [2.24, 2.45) is 10.8 Å². The Bertz CT molecular complexity index is 429. The molecule has 0 aliphatic carbocycles. The van der Waals surface area contributed by atoms with Gasteiger partial charge in [-0.15, -0.1) is 11.3 Å². The van der Waals surface area contributed by atoms with Crippen LogP contribution in [0.5, 0.6) is 0 Å². The van der Waals surface area contributed by atoms with Crippen molar-refractivity contribution in [3.8, 4) is 0 Å². The molecule has 0 saturated carbocycles. The number of nitrogens with one attached hydrogen (secondary N) is 1. The maximum absolute atomic E-state index is 6.22. The van der Waals surface area contributed by atoms with Crippen LogP contribution in [0.15, 0.2) is 5.10 Å². The predicted molar refractivity (Wildman–Crippen MR) is 80.5 cm³/mol. The molecule has 0 fully saturated rings. The lowest BCUT2D eigenvalue weighted by Gasteiger charge is -1.98. The van der Waals surface area contributed by atoms with Crippen molar-refractivity contribution >= 4 is 58.1 Å². The van der Waals surface area contributed by atoms with Crippen molar-refractivity contribution in [2.45, 2.75) is 26.2 Å². The molecule has 1 heterocycles. The van der Waals surface area contributed by atoms with Crippen molar-refractivity contribution in [2.75, 3.05) is 0 Å². The topological polar surface area (TPSA) is 50.4 Å². The first kappa shape index (κ1) is 14.7. The molecular formula is C10H13Cl2N3S2. The largest absolute Gasteiger partial charge is 0.375 e. The standard InChI is InChI=1S/C10H13Cl2N3S2/c1-2-3-4-6-8(11)7(17-9(6)12)5-14-15-10(13)16/h5H,2-4H2,1H3,(H3,13,15,16)/b14-5+. The van der Waals surface area contributed by atoms with Crippen LogP contribution in [-0.4, -0.2) is 11.3 Å². The summed E-state index contributed by atoms with van der Waals surface area (Å²) in [4.78, 5) is 0.812. The molecule has 0 unspecified atom stereocenters. The normalized spacial score (nSPS) is 11.0. The van der Waals surface area contributed by atoms with Crippen LogP contribution in [0.3, 0.4) is 0 Å². The summed E-state index contributed by atoms with van der Waals surface area (Å²) < 4.78 is 0.722. The second kappa shape index (κ2) is 7.16. The number of halogens is 2. The second-order valence-electron chi connectivity index (χ2n) is 3.37. The van der Waals surface area contributed by atoms with Gasteiger partial charge in [0.2, 0.25) is 0 Å². The quantitative estimate of drug-likeness (QED) is 0.497.